The molecule has 0 radical (unpaired) electrons. The standard InChI is InChI=1S/C17H22N2O3/c1-22-16(20)14-7-9-15(10-8-14)19-17(21)18-12-11-13-5-3-2-4-6-13/h5,7-10H,2-4,6,11-12H2,1H3,(H2,18,19,21). The van der Waals surface area contributed by atoms with Gasteiger partial charge in [0.25, 0.3) is 0 Å². The summed E-state index contributed by atoms with van der Waals surface area (Å²) in [6, 6.07) is 6.36. The molecule has 2 amide bonds. The van der Waals surface area contributed by atoms with E-state index in [9.17, 15) is 9.59 Å². The second-order valence-electron chi connectivity index (χ2n) is 5.31. The van der Waals surface area contributed by atoms with Crippen LogP contribution < -0.4 is 10.6 Å². The van der Waals surface area contributed by atoms with Gasteiger partial charge in [-0.15, -0.1) is 0 Å². The zero-order chi connectivity index (χ0) is 15.8. The second kappa shape index (κ2) is 8.22. The summed E-state index contributed by atoms with van der Waals surface area (Å²) in [4.78, 5) is 23.1. The van der Waals surface area contributed by atoms with Crippen LogP contribution in [0.3, 0.4) is 0 Å². The van der Waals surface area contributed by atoms with Crippen LogP contribution in [0.2, 0.25) is 0 Å². The van der Waals surface area contributed by atoms with E-state index in [0.717, 1.165) is 19.3 Å². The molecule has 0 saturated heterocycles. The molecule has 0 spiro atoms. The summed E-state index contributed by atoms with van der Waals surface area (Å²) >= 11 is 0. The second-order valence-corrected chi connectivity index (χ2v) is 5.31. The van der Waals surface area contributed by atoms with Crippen molar-refractivity contribution in [1.29, 1.82) is 0 Å². The Bertz CT molecular complexity index is 550. The van der Waals surface area contributed by atoms with Crippen molar-refractivity contribution in [2.45, 2.75) is 32.1 Å². The lowest BCUT2D eigenvalue weighted by Gasteiger charge is -2.13. The van der Waals surface area contributed by atoms with Gasteiger partial charge in [-0.05, 0) is 56.4 Å². The molecule has 0 heterocycles. The number of amides is 2. The van der Waals surface area contributed by atoms with Gasteiger partial charge in [-0.1, -0.05) is 11.6 Å². The average molecular weight is 302 g/mol. The van der Waals surface area contributed by atoms with Crippen molar-refractivity contribution in [3.8, 4) is 0 Å². The Labute approximate surface area is 130 Å². The molecule has 118 valence electrons. The molecule has 2 rings (SSSR count). The maximum Gasteiger partial charge on any atom is 0.337 e. The van der Waals surface area contributed by atoms with E-state index in [1.54, 1.807) is 24.3 Å². The monoisotopic (exact) mass is 302 g/mol. The molecule has 0 fully saturated rings. The number of rotatable bonds is 5. The number of nitrogens with one attached hydrogen (secondary N) is 2. The lowest BCUT2D eigenvalue weighted by Crippen LogP contribution is -2.29. The molecule has 5 heteroatoms. The Kier molecular flexibility index (Phi) is 6.01. The van der Waals surface area contributed by atoms with Gasteiger partial charge in [0.1, 0.15) is 0 Å². The number of urea groups is 1. The largest absolute Gasteiger partial charge is 0.465 e. The van der Waals surface area contributed by atoms with Crippen LogP contribution in [0.15, 0.2) is 35.9 Å². The fourth-order valence-electron chi connectivity index (χ4n) is 2.45. The first kappa shape index (κ1) is 16.1. The molecule has 5 nitrogen and oxygen atoms in total. The normalized spacial score (nSPS) is 14.0. The lowest BCUT2D eigenvalue weighted by molar-refractivity contribution is 0.0601. The molecule has 1 aliphatic rings. The predicted octanol–water partition coefficient (Wildman–Crippen LogP) is 3.49. The number of esters is 1. The first-order chi connectivity index (χ1) is 10.7. The van der Waals surface area contributed by atoms with E-state index in [0.29, 0.717) is 17.8 Å². The van der Waals surface area contributed by atoms with E-state index in [-0.39, 0.29) is 6.03 Å². The topological polar surface area (TPSA) is 67.4 Å². The molecular formula is C17H22N2O3. The highest BCUT2D eigenvalue weighted by atomic mass is 16.5. The minimum atomic E-state index is -0.392. The van der Waals surface area contributed by atoms with E-state index in [1.165, 1.54) is 25.5 Å². The molecule has 0 bridgehead atoms. The van der Waals surface area contributed by atoms with Crippen LogP contribution in [0.4, 0.5) is 10.5 Å². The van der Waals surface area contributed by atoms with Gasteiger partial charge >= 0.3 is 12.0 Å². The number of allylic oxidation sites excluding steroid dienone is 1. The first-order valence-electron chi connectivity index (χ1n) is 7.60. The summed E-state index contributed by atoms with van der Waals surface area (Å²) in [6.07, 6.45) is 8.04. The van der Waals surface area contributed by atoms with Crippen molar-refractivity contribution < 1.29 is 14.3 Å². The van der Waals surface area contributed by atoms with Crippen LogP contribution >= 0.6 is 0 Å². The Morgan fingerprint density at radius 1 is 1.18 bits per heavy atom. The van der Waals surface area contributed by atoms with E-state index in [1.807, 2.05) is 0 Å². The molecule has 1 aromatic carbocycles. The number of methoxy groups -OCH3 is 1. The Morgan fingerprint density at radius 3 is 2.59 bits per heavy atom. The Hall–Kier alpha value is -2.30. The number of hydrogen-bond acceptors (Lipinski definition) is 3. The maximum absolute atomic E-state index is 11.8. The van der Waals surface area contributed by atoms with Gasteiger partial charge in [0.05, 0.1) is 12.7 Å². The minimum Gasteiger partial charge on any atom is -0.465 e. The first-order valence-corrected chi connectivity index (χ1v) is 7.60. The summed E-state index contributed by atoms with van der Waals surface area (Å²) in [5.41, 5.74) is 2.54. The molecule has 1 aromatic rings. The molecular weight excluding hydrogens is 280 g/mol. The minimum absolute atomic E-state index is 0.234. The third-order valence-electron chi connectivity index (χ3n) is 3.68. The summed E-state index contributed by atoms with van der Waals surface area (Å²) in [6.45, 7) is 0.637. The van der Waals surface area contributed by atoms with Gasteiger partial charge in [0.15, 0.2) is 0 Å². The van der Waals surface area contributed by atoms with Gasteiger partial charge in [-0.2, -0.15) is 0 Å². The van der Waals surface area contributed by atoms with E-state index in [4.69, 9.17) is 0 Å². The SMILES string of the molecule is COC(=O)c1ccc(NC(=O)NCCC2=CCCCC2)cc1. The van der Waals surface area contributed by atoms with Crippen molar-refractivity contribution in [2.24, 2.45) is 0 Å². The molecule has 1 aliphatic carbocycles. The zero-order valence-corrected chi connectivity index (χ0v) is 12.9. The van der Waals surface area contributed by atoms with Gasteiger partial charge in [-0.3, -0.25) is 0 Å². The number of hydrogen-bond donors (Lipinski definition) is 2. The van der Waals surface area contributed by atoms with Crippen LogP contribution in [0.1, 0.15) is 42.5 Å². The zero-order valence-electron chi connectivity index (χ0n) is 12.9. The average Bonchev–Trinajstić information content (AvgIpc) is 2.56. The van der Waals surface area contributed by atoms with Crippen LogP contribution in [-0.4, -0.2) is 25.7 Å². The highest BCUT2D eigenvalue weighted by molar-refractivity contribution is 5.92. The lowest BCUT2D eigenvalue weighted by atomic mass is 9.97. The van der Waals surface area contributed by atoms with Gasteiger partial charge in [-0.25, -0.2) is 9.59 Å². The van der Waals surface area contributed by atoms with E-state index >= 15 is 0 Å². The third kappa shape index (κ3) is 4.91. The smallest absolute Gasteiger partial charge is 0.337 e. The van der Waals surface area contributed by atoms with Crippen molar-refractivity contribution >= 4 is 17.7 Å². The van der Waals surface area contributed by atoms with Gasteiger partial charge < -0.3 is 15.4 Å². The third-order valence-corrected chi connectivity index (χ3v) is 3.68. The predicted molar refractivity (Wildman–Crippen MR) is 86.0 cm³/mol. The highest BCUT2D eigenvalue weighted by Crippen LogP contribution is 2.19. The van der Waals surface area contributed by atoms with Gasteiger partial charge in [0, 0.05) is 12.2 Å². The Balaban J connectivity index is 1.74. The fourth-order valence-corrected chi connectivity index (χ4v) is 2.45. The quantitative estimate of drug-likeness (QED) is 0.646. The molecule has 2 N–H and O–H groups in total. The summed E-state index contributed by atoms with van der Waals surface area (Å²) in [5, 5.41) is 5.59. The van der Waals surface area contributed by atoms with Crippen LogP contribution in [0, 0.1) is 0 Å². The van der Waals surface area contributed by atoms with Crippen molar-refractivity contribution in [2.75, 3.05) is 19.0 Å². The molecule has 22 heavy (non-hydrogen) atoms. The molecule has 0 aromatic heterocycles. The van der Waals surface area contributed by atoms with Crippen molar-refractivity contribution in [3.05, 3.63) is 41.5 Å². The molecule has 0 unspecified atom stereocenters. The molecule has 0 saturated carbocycles. The fraction of sp³-hybridized carbons (Fsp3) is 0.412. The van der Waals surface area contributed by atoms with Crippen LogP contribution in [0.5, 0.6) is 0 Å². The number of ether oxygens (including phenoxy) is 1. The van der Waals surface area contributed by atoms with Crippen molar-refractivity contribution in [1.82, 2.24) is 5.32 Å². The van der Waals surface area contributed by atoms with E-state index in [2.05, 4.69) is 21.4 Å². The highest BCUT2D eigenvalue weighted by Gasteiger charge is 2.07. The van der Waals surface area contributed by atoms with Crippen molar-refractivity contribution in [3.63, 3.8) is 0 Å². The van der Waals surface area contributed by atoms with Gasteiger partial charge in [0.2, 0.25) is 0 Å². The number of benzene rings is 1. The molecule has 0 aliphatic heterocycles. The number of carbonyl (C=O) groups is 2. The van der Waals surface area contributed by atoms with E-state index < -0.39 is 5.97 Å². The summed E-state index contributed by atoms with van der Waals surface area (Å²) < 4.78 is 4.62. The van der Waals surface area contributed by atoms with Crippen LogP contribution in [0.25, 0.3) is 0 Å². The Morgan fingerprint density at radius 2 is 1.95 bits per heavy atom. The van der Waals surface area contributed by atoms with Crippen LogP contribution in [-0.2, 0) is 4.74 Å². The number of carbonyl (C=O) groups excluding carboxylic acids is 2. The summed E-state index contributed by atoms with van der Waals surface area (Å²) in [5.74, 6) is -0.392. The molecule has 0 atom stereocenters. The maximum atomic E-state index is 11.8. The number of anilines is 1. The summed E-state index contributed by atoms with van der Waals surface area (Å²) in [7, 11) is 1.34.